The molecule has 1 amide bonds. The van der Waals surface area contributed by atoms with Gasteiger partial charge in [0.1, 0.15) is 0 Å². The molecule has 3 N–H and O–H groups in total. The number of aliphatic hydroxyl groups excluding tert-OH is 1. The molecule has 1 aliphatic heterocycles. The summed E-state index contributed by atoms with van der Waals surface area (Å²) in [6.07, 6.45) is 1.01. The van der Waals surface area contributed by atoms with Crippen LogP contribution in [0.15, 0.2) is 5.38 Å². The van der Waals surface area contributed by atoms with Gasteiger partial charge in [-0.3, -0.25) is 4.79 Å². The summed E-state index contributed by atoms with van der Waals surface area (Å²) in [6, 6.07) is -0.269. The average molecular weight is 255 g/mol. The largest absolute Gasteiger partial charge is 0.392 e. The van der Waals surface area contributed by atoms with Crippen LogP contribution in [0.4, 0.5) is 0 Å². The zero-order valence-corrected chi connectivity index (χ0v) is 10.6. The van der Waals surface area contributed by atoms with Crippen LogP contribution in [-0.4, -0.2) is 34.7 Å². The Hall–Kier alpha value is -0.980. The second-order valence-corrected chi connectivity index (χ2v) is 5.10. The van der Waals surface area contributed by atoms with Gasteiger partial charge in [-0.1, -0.05) is 6.92 Å². The van der Waals surface area contributed by atoms with E-state index < -0.39 is 6.10 Å². The highest BCUT2D eigenvalue weighted by atomic mass is 32.1. The van der Waals surface area contributed by atoms with Gasteiger partial charge in [0, 0.05) is 11.9 Å². The number of amides is 1. The van der Waals surface area contributed by atoms with Crippen LogP contribution in [-0.2, 0) is 17.8 Å². The number of thiazole rings is 1. The van der Waals surface area contributed by atoms with Crippen molar-refractivity contribution in [1.29, 1.82) is 0 Å². The zero-order valence-electron chi connectivity index (χ0n) is 9.77. The number of aromatic nitrogens is 1. The molecule has 1 fully saturated rings. The van der Waals surface area contributed by atoms with Crippen LogP contribution in [0.1, 0.15) is 24.0 Å². The van der Waals surface area contributed by atoms with Crippen molar-refractivity contribution in [2.24, 2.45) is 0 Å². The maximum Gasteiger partial charge on any atom is 0.237 e. The molecule has 2 rings (SSSR count). The highest BCUT2D eigenvalue weighted by Gasteiger charge is 2.27. The normalized spacial score (nSPS) is 23.9. The Kier molecular flexibility index (Phi) is 4.09. The third-order valence-corrected chi connectivity index (χ3v) is 3.81. The molecule has 0 aromatic carbocycles. The van der Waals surface area contributed by atoms with Gasteiger partial charge >= 0.3 is 0 Å². The van der Waals surface area contributed by atoms with E-state index in [1.165, 1.54) is 0 Å². The van der Waals surface area contributed by atoms with Crippen LogP contribution in [0.3, 0.4) is 0 Å². The Bertz CT molecular complexity index is 394. The molecule has 17 heavy (non-hydrogen) atoms. The SMILES string of the molecule is CCc1nc(CNC(=O)C2CC(O)CN2)cs1. The number of aliphatic hydroxyl groups is 1. The Labute approximate surface area is 104 Å². The average Bonchev–Trinajstić information content (AvgIpc) is 2.94. The maximum absolute atomic E-state index is 11.7. The van der Waals surface area contributed by atoms with Gasteiger partial charge < -0.3 is 15.7 Å². The van der Waals surface area contributed by atoms with E-state index >= 15 is 0 Å². The summed E-state index contributed by atoms with van der Waals surface area (Å²) < 4.78 is 0. The van der Waals surface area contributed by atoms with Crippen LogP contribution >= 0.6 is 11.3 Å². The van der Waals surface area contributed by atoms with Gasteiger partial charge in [-0.05, 0) is 12.8 Å². The number of carbonyl (C=O) groups excluding carboxylic acids is 1. The lowest BCUT2D eigenvalue weighted by Gasteiger charge is -2.09. The second kappa shape index (κ2) is 5.57. The molecule has 1 aromatic rings. The van der Waals surface area contributed by atoms with E-state index in [2.05, 4.69) is 22.5 Å². The van der Waals surface area contributed by atoms with Crippen LogP contribution in [0, 0.1) is 0 Å². The third kappa shape index (κ3) is 3.24. The molecule has 1 aliphatic rings. The van der Waals surface area contributed by atoms with Crippen molar-refractivity contribution in [2.75, 3.05) is 6.54 Å². The van der Waals surface area contributed by atoms with Crippen molar-refractivity contribution in [3.8, 4) is 0 Å². The van der Waals surface area contributed by atoms with E-state index in [0.717, 1.165) is 17.1 Å². The number of nitrogens with zero attached hydrogens (tertiary/aromatic N) is 1. The first-order valence-electron chi connectivity index (χ1n) is 5.81. The highest BCUT2D eigenvalue weighted by molar-refractivity contribution is 7.09. The molecule has 0 saturated carbocycles. The minimum Gasteiger partial charge on any atom is -0.392 e. The van der Waals surface area contributed by atoms with Crippen LogP contribution in [0.25, 0.3) is 0 Å². The molecular weight excluding hydrogens is 238 g/mol. The van der Waals surface area contributed by atoms with Gasteiger partial charge in [0.05, 0.1) is 29.4 Å². The standard InChI is InChI=1S/C11H17N3O2S/c1-2-10-14-7(6-17-10)4-13-11(16)9-3-8(15)5-12-9/h6,8-9,12,15H,2-5H2,1H3,(H,13,16). The molecule has 0 radical (unpaired) electrons. The summed E-state index contributed by atoms with van der Waals surface area (Å²) in [4.78, 5) is 16.1. The molecule has 2 atom stereocenters. The molecule has 6 heteroatoms. The smallest absolute Gasteiger partial charge is 0.237 e. The summed E-state index contributed by atoms with van der Waals surface area (Å²) in [7, 11) is 0. The lowest BCUT2D eigenvalue weighted by atomic mass is 10.2. The topological polar surface area (TPSA) is 74.2 Å². The number of hydrogen-bond acceptors (Lipinski definition) is 5. The van der Waals surface area contributed by atoms with Crippen LogP contribution in [0.2, 0.25) is 0 Å². The molecule has 0 spiro atoms. The Morgan fingerprint density at radius 1 is 1.76 bits per heavy atom. The van der Waals surface area contributed by atoms with Gasteiger partial charge in [0.15, 0.2) is 0 Å². The summed E-state index contributed by atoms with van der Waals surface area (Å²) in [6.45, 7) is 3.02. The van der Waals surface area contributed by atoms with E-state index in [9.17, 15) is 9.90 Å². The van der Waals surface area contributed by atoms with E-state index in [0.29, 0.717) is 19.5 Å². The molecule has 2 unspecified atom stereocenters. The number of hydrogen-bond donors (Lipinski definition) is 3. The minimum absolute atomic E-state index is 0.0624. The number of nitrogens with one attached hydrogen (secondary N) is 2. The quantitative estimate of drug-likeness (QED) is 0.710. The molecule has 0 aliphatic carbocycles. The first kappa shape index (κ1) is 12.5. The van der Waals surface area contributed by atoms with Crippen molar-refractivity contribution in [2.45, 2.75) is 38.5 Å². The van der Waals surface area contributed by atoms with Gasteiger partial charge in [0.2, 0.25) is 5.91 Å². The van der Waals surface area contributed by atoms with Crippen molar-refractivity contribution >= 4 is 17.2 Å². The van der Waals surface area contributed by atoms with Crippen LogP contribution < -0.4 is 10.6 Å². The summed E-state index contributed by atoms with van der Waals surface area (Å²) in [5.74, 6) is -0.0624. The van der Waals surface area contributed by atoms with Crippen molar-refractivity contribution in [3.63, 3.8) is 0 Å². The first-order chi connectivity index (χ1) is 8.19. The van der Waals surface area contributed by atoms with Gasteiger partial charge in [-0.2, -0.15) is 0 Å². The number of aryl methyl sites for hydroxylation is 1. The minimum atomic E-state index is -0.406. The van der Waals surface area contributed by atoms with E-state index in [-0.39, 0.29) is 11.9 Å². The fourth-order valence-electron chi connectivity index (χ4n) is 1.81. The first-order valence-corrected chi connectivity index (χ1v) is 6.69. The second-order valence-electron chi connectivity index (χ2n) is 4.15. The van der Waals surface area contributed by atoms with E-state index in [1.807, 2.05) is 5.38 Å². The molecule has 0 bridgehead atoms. The van der Waals surface area contributed by atoms with E-state index in [4.69, 9.17) is 0 Å². The van der Waals surface area contributed by atoms with Crippen LogP contribution in [0.5, 0.6) is 0 Å². The Morgan fingerprint density at radius 2 is 2.59 bits per heavy atom. The maximum atomic E-state index is 11.7. The molecule has 1 saturated heterocycles. The summed E-state index contributed by atoms with van der Waals surface area (Å²) in [5, 5.41) is 18.2. The Morgan fingerprint density at radius 3 is 3.18 bits per heavy atom. The number of rotatable bonds is 4. The Balaban J connectivity index is 1.79. The lowest BCUT2D eigenvalue weighted by Crippen LogP contribution is -2.40. The van der Waals surface area contributed by atoms with Crippen molar-refractivity contribution in [3.05, 3.63) is 16.1 Å². The number of β-amino-alcohol motifs (C(OH)–C–C–N with tert-alkyl or cyclic N) is 1. The molecular formula is C11H17N3O2S. The van der Waals surface area contributed by atoms with Gasteiger partial charge in [0.25, 0.3) is 0 Å². The number of carbonyl (C=O) groups is 1. The van der Waals surface area contributed by atoms with Gasteiger partial charge in [-0.15, -0.1) is 11.3 Å². The molecule has 1 aromatic heterocycles. The fourth-order valence-corrected chi connectivity index (χ4v) is 2.55. The lowest BCUT2D eigenvalue weighted by molar-refractivity contribution is -0.123. The fraction of sp³-hybridized carbons (Fsp3) is 0.636. The predicted molar refractivity (Wildman–Crippen MR) is 65.8 cm³/mol. The third-order valence-electron chi connectivity index (χ3n) is 2.77. The van der Waals surface area contributed by atoms with Gasteiger partial charge in [-0.25, -0.2) is 4.98 Å². The van der Waals surface area contributed by atoms with Crippen molar-refractivity contribution < 1.29 is 9.90 Å². The molecule has 5 nitrogen and oxygen atoms in total. The summed E-state index contributed by atoms with van der Waals surface area (Å²) in [5.41, 5.74) is 0.902. The summed E-state index contributed by atoms with van der Waals surface area (Å²) >= 11 is 1.62. The monoisotopic (exact) mass is 255 g/mol. The van der Waals surface area contributed by atoms with E-state index in [1.54, 1.807) is 11.3 Å². The predicted octanol–water partition coefficient (Wildman–Crippen LogP) is 0.0445. The molecule has 94 valence electrons. The van der Waals surface area contributed by atoms with Crippen molar-refractivity contribution in [1.82, 2.24) is 15.6 Å². The molecule has 2 heterocycles. The highest BCUT2D eigenvalue weighted by Crippen LogP contribution is 2.10. The zero-order chi connectivity index (χ0) is 12.3.